The minimum Gasteiger partial charge on any atom is -0.493 e. The molecule has 2 rings (SSSR count). The van der Waals surface area contributed by atoms with E-state index in [-0.39, 0.29) is 23.3 Å². The third-order valence-corrected chi connectivity index (χ3v) is 3.40. The van der Waals surface area contributed by atoms with Gasteiger partial charge in [0.25, 0.3) is 5.91 Å². The summed E-state index contributed by atoms with van der Waals surface area (Å²) in [5, 5.41) is 16.6. The number of aliphatic hydroxyl groups excluding tert-OH is 1. The molecule has 0 unspecified atom stereocenters. The SMILES string of the molecule is COc1ccc(-c2noc([C@H](C)O)c2C(=O)NC(C)C)cc1OC. The Morgan fingerprint density at radius 1 is 1.21 bits per heavy atom. The van der Waals surface area contributed by atoms with E-state index in [4.69, 9.17) is 14.0 Å². The number of rotatable bonds is 6. The highest BCUT2D eigenvalue weighted by molar-refractivity contribution is 6.01. The number of nitrogens with zero attached hydrogens (tertiary/aromatic N) is 1. The molecular formula is C17H22N2O5. The van der Waals surface area contributed by atoms with Crippen molar-refractivity contribution in [1.29, 1.82) is 0 Å². The molecule has 0 aliphatic rings. The van der Waals surface area contributed by atoms with Crippen molar-refractivity contribution in [2.24, 2.45) is 0 Å². The molecule has 7 heteroatoms. The molecule has 7 nitrogen and oxygen atoms in total. The van der Waals surface area contributed by atoms with E-state index >= 15 is 0 Å². The fourth-order valence-corrected chi connectivity index (χ4v) is 2.32. The molecule has 1 amide bonds. The highest BCUT2D eigenvalue weighted by atomic mass is 16.5. The summed E-state index contributed by atoms with van der Waals surface area (Å²) in [5.74, 6) is 0.838. The number of hydrogen-bond donors (Lipinski definition) is 2. The Morgan fingerprint density at radius 2 is 1.88 bits per heavy atom. The van der Waals surface area contributed by atoms with Gasteiger partial charge in [-0.1, -0.05) is 5.16 Å². The second kappa shape index (κ2) is 7.35. The molecule has 0 fully saturated rings. The molecule has 0 saturated heterocycles. The molecule has 0 aliphatic heterocycles. The van der Waals surface area contributed by atoms with E-state index in [1.165, 1.54) is 14.0 Å². The number of carbonyl (C=O) groups excluding carboxylic acids is 1. The maximum atomic E-state index is 12.5. The van der Waals surface area contributed by atoms with Crippen LogP contribution in [0.2, 0.25) is 0 Å². The summed E-state index contributed by atoms with van der Waals surface area (Å²) in [5.41, 5.74) is 1.17. The molecule has 0 bridgehead atoms. The van der Waals surface area contributed by atoms with Crippen LogP contribution in [0.5, 0.6) is 11.5 Å². The molecule has 0 saturated carbocycles. The second-order valence-corrected chi connectivity index (χ2v) is 5.64. The molecule has 1 heterocycles. The van der Waals surface area contributed by atoms with E-state index in [2.05, 4.69) is 10.5 Å². The number of aliphatic hydroxyl groups is 1. The van der Waals surface area contributed by atoms with E-state index in [9.17, 15) is 9.90 Å². The number of amides is 1. The molecule has 0 spiro atoms. The summed E-state index contributed by atoms with van der Waals surface area (Å²) < 4.78 is 15.7. The van der Waals surface area contributed by atoms with Gasteiger partial charge in [-0.2, -0.15) is 0 Å². The lowest BCUT2D eigenvalue weighted by molar-refractivity contribution is 0.0930. The lowest BCUT2D eigenvalue weighted by atomic mass is 10.0. The van der Waals surface area contributed by atoms with Crippen molar-refractivity contribution in [3.8, 4) is 22.8 Å². The van der Waals surface area contributed by atoms with Crippen molar-refractivity contribution < 1.29 is 23.9 Å². The zero-order valence-corrected chi connectivity index (χ0v) is 14.4. The summed E-state index contributed by atoms with van der Waals surface area (Å²) in [4.78, 5) is 12.5. The number of carbonyl (C=O) groups is 1. The Kier molecular flexibility index (Phi) is 5.46. The number of benzene rings is 1. The number of ether oxygens (including phenoxy) is 2. The summed E-state index contributed by atoms with van der Waals surface area (Å²) in [7, 11) is 3.07. The Morgan fingerprint density at radius 3 is 2.42 bits per heavy atom. The van der Waals surface area contributed by atoms with Crippen LogP contribution in [0.25, 0.3) is 11.3 Å². The second-order valence-electron chi connectivity index (χ2n) is 5.64. The molecule has 24 heavy (non-hydrogen) atoms. The van der Waals surface area contributed by atoms with Crippen LogP contribution in [0.15, 0.2) is 22.7 Å². The fraction of sp³-hybridized carbons (Fsp3) is 0.412. The van der Waals surface area contributed by atoms with E-state index in [1.807, 2.05) is 13.8 Å². The molecule has 130 valence electrons. The zero-order valence-electron chi connectivity index (χ0n) is 14.4. The van der Waals surface area contributed by atoms with Crippen LogP contribution in [-0.2, 0) is 0 Å². The van der Waals surface area contributed by atoms with Crippen molar-refractivity contribution in [3.05, 3.63) is 29.5 Å². The first-order valence-electron chi connectivity index (χ1n) is 7.59. The van der Waals surface area contributed by atoms with E-state index < -0.39 is 6.10 Å². The topological polar surface area (TPSA) is 93.8 Å². The van der Waals surface area contributed by atoms with Gasteiger partial charge < -0.3 is 24.4 Å². The van der Waals surface area contributed by atoms with Crippen molar-refractivity contribution in [2.45, 2.75) is 32.9 Å². The fourth-order valence-electron chi connectivity index (χ4n) is 2.32. The van der Waals surface area contributed by atoms with Crippen LogP contribution in [-0.4, -0.2) is 36.4 Å². The van der Waals surface area contributed by atoms with Crippen molar-refractivity contribution in [3.63, 3.8) is 0 Å². The number of methoxy groups -OCH3 is 2. The highest BCUT2D eigenvalue weighted by Gasteiger charge is 2.27. The van der Waals surface area contributed by atoms with E-state index in [0.29, 0.717) is 22.8 Å². The molecular weight excluding hydrogens is 312 g/mol. The minimum absolute atomic E-state index is 0.0625. The number of hydrogen-bond acceptors (Lipinski definition) is 6. The van der Waals surface area contributed by atoms with Crippen LogP contribution >= 0.6 is 0 Å². The molecule has 2 N–H and O–H groups in total. The third kappa shape index (κ3) is 3.51. The lowest BCUT2D eigenvalue weighted by Crippen LogP contribution is -2.31. The Bertz CT molecular complexity index is 722. The smallest absolute Gasteiger partial charge is 0.257 e. The molecule has 0 aliphatic carbocycles. The van der Waals surface area contributed by atoms with Crippen LogP contribution in [0.3, 0.4) is 0 Å². The number of nitrogens with one attached hydrogen (secondary N) is 1. The molecule has 1 aromatic carbocycles. The maximum Gasteiger partial charge on any atom is 0.257 e. The largest absolute Gasteiger partial charge is 0.493 e. The van der Waals surface area contributed by atoms with Crippen molar-refractivity contribution >= 4 is 5.91 Å². The van der Waals surface area contributed by atoms with Gasteiger partial charge >= 0.3 is 0 Å². The van der Waals surface area contributed by atoms with Gasteiger partial charge in [-0.25, -0.2) is 0 Å². The molecule has 1 atom stereocenters. The van der Waals surface area contributed by atoms with Crippen molar-refractivity contribution in [2.75, 3.05) is 14.2 Å². The summed E-state index contributed by atoms with van der Waals surface area (Å²) in [6, 6.07) is 5.11. The Hall–Kier alpha value is -2.54. The summed E-state index contributed by atoms with van der Waals surface area (Å²) in [6.07, 6.45) is -0.959. The van der Waals surface area contributed by atoms with Gasteiger partial charge in [0, 0.05) is 11.6 Å². The molecule has 2 aromatic rings. The van der Waals surface area contributed by atoms with Crippen LogP contribution in [0.1, 0.15) is 43.0 Å². The summed E-state index contributed by atoms with van der Waals surface area (Å²) in [6.45, 7) is 5.22. The monoisotopic (exact) mass is 334 g/mol. The van der Waals surface area contributed by atoms with Gasteiger partial charge in [0.2, 0.25) is 0 Å². The predicted molar refractivity (Wildman–Crippen MR) is 88.3 cm³/mol. The number of aromatic nitrogens is 1. The Labute approximate surface area is 140 Å². The molecule has 1 aromatic heterocycles. The predicted octanol–water partition coefficient (Wildman–Crippen LogP) is 2.55. The van der Waals surface area contributed by atoms with E-state index in [0.717, 1.165) is 0 Å². The summed E-state index contributed by atoms with van der Waals surface area (Å²) >= 11 is 0. The highest BCUT2D eigenvalue weighted by Crippen LogP contribution is 2.35. The minimum atomic E-state index is -0.959. The first-order valence-corrected chi connectivity index (χ1v) is 7.59. The van der Waals surface area contributed by atoms with Gasteiger partial charge in [0.05, 0.1) is 14.2 Å². The van der Waals surface area contributed by atoms with Crippen LogP contribution < -0.4 is 14.8 Å². The maximum absolute atomic E-state index is 12.5. The normalized spacial score (nSPS) is 12.1. The average Bonchev–Trinajstić information content (AvgIpc) is 2.98. The lowest BCUT2D eigenvalue weighted by Gasteiger charge is -2.11. The quantitative estimate of drug-likeness (QED) is 0.843. The Balaban J connectivity index is 2.56. The zero-order chi connectivity index (χ0) is 17.9. The van der Waals surface area contributed by atoms with Crippen molar-refractivity contribution in [1.82, 2.24) is 10.5 Å². The van der Waals surface area contributed by atoms with Gasteiger partial charge in [0.15, 0.2) is 17.3 Å². The van der Waals surface area contributed by atoms with Gasteiger partial charge in [-0.3, -0.25) is 4.79 Å². The molecule has 0 radical (unpaired) electrons. The van der Waals surface area contributed by atoms with Gasteiger partial charge in [-0.05, 0) is 39.0 Å². The van der Waals surface area contributed by atoms with E-state index in [1.54, 1.807) is 25.3 Å². The van der Waals surface area contributed by atoms with Crippen LogP contribution in [0.4, 0.5) is 0 Å². The average molecular weight is 334 g/mol. The van der Waals surface area contributed by atoms with Gasteiger partial charge in [0.1, 0.15) is 17.4 Å². The first-order chi connectivity index (χ1) is 11.4. The standard InChI is InChI=1S/C17H22N2O5/c1-9(2)18-17(21)14-15(19-24-16(14)10(3)20)11-6-7-12(22-4)13(8-11)23-5/h6-10,20H,1-5H3,(H,18,21)/t10-/m0/s1. The third-order valence-electron chi connectivity index (χ3n) is 3.40. The van der Waals surface area contributed by atoms with Crippen LogP contribution in [0, 0.1) is 0 Å². The first kappa shape index (κ1) is 17.8. The van der Waals surface area contributed by atoms with Gasteiger partial charge in [-0.15, -0.1) is 0 Å².